The van der Waals surface area contributed by atoms with Gasteiger partial charge in [0.15, 0.2) is 0 Å². The highest BCUT2D eigenvalue weighted by atomic mass is 32.2. The molecule has 0 aromatic heterocycles. The summed E-state index contributed by atoms with van der Waals surface area (Å²) in [5, 5.41) is 0. The van der Waals surface area contributed by atoms with Gasteiger partial charge in [0.1, 0.15) is 5.75 Å². The van der Waals surface area contributed by atoms with Gasteiger partial charge in [0.25, 0.3) is 0 Å². The van der Waals surface area contributed by atoms with E-state index in [4.69, 9.17) is 10.5 Å². The van der Waals surface area contributed by atoms with E-state index in [1.54, 1.807) is 13.1 Å². The lowest BCUT2D eigenvalue weighted by atomic mass is 10.1. The number of rotatable bonds is 4. The number of hydrogen-bond donors (Lipinski definition) is 1. The smallest absolute Gasteiger partial charge is 0.236 e. The number of anilines is 1. The Morgan fingerprint density at radius 2 is 2.22 bits per heavy atom. The van der Waals surface area contributed by atoms with E-state index in [0.29, 0.717) is 5.69 Å². The maximum absolute atomic E-state index is 11.9. The Morgan fingerprint density at radius 1 is 1.44 bits per heavy atom. The summed E-state index contributed by atoms with van der Waals surface area (Å²) in [4.78, 5) is 0. The third-order valence-electron chi connectivity index (χ3n) is 3.05. The van der Waals surface area contributed by atoms with Gasteiger partial charge in [-0.25, -0.2) is 8.42 Å². The molecule has 1 aromatic carbocycles. The van der Waals surface area contributed by atoms with Crippen LogP contribution in [-0.4, -0.2) is 34.4 Å². The van der Waals surface area contributed by atoms with Crippen molar-refractivity contribution in [2.45, 2.75) is 12.8 Å². The average Bonchev–Trinajstić information content (AvgIpc) is 2.37. The van der Waals surface area contributed by atoms with Gasteiger partial charge in [-0.15, -0.1) is 0 Å². The van der Waals surface area contributed by atoms with Crippen molar-refractivity contribution < 1.29 is 13.2 Å². The van der Waals surface area contributed by atoms with Crippen LogP contribution in [0.4, 0.5) is 5.69 Å². The molecule has 2 rings (SSSR count). The molecular formula is C12H18N2O3S. The molecule has 0 radical (unpaired) electrons. The van der Waals surface area contributed by atoms with Crippen LogP contribution < -0.4 is 14.8 Å². The fraction of sp³-hybridized carbons (Fsp3) is 0.500. The lowest BCUT2D eigenvalue weighted by Crippen LogP contribution is -2.32. The molecule has 5 nitrogen and oxygen atoms in total. The normalized spacial score (nSPS) is 14.8. The molecule has 0 saturated heterocycles. The molecule has 0 fully saturated rings. The van der Waals surface area contributed by atoms with Gasteiger partial charge in [-0.1, -0.05) is 0 Å². The predicted octanol–water partition coefficient (Wildman–Crippen LogP) is 0.736. The molecule has 6 heteroatoms. The number of nitrogens with two attached hydrogens (primary N) is 1. The number of hydrogen-bond acceptors (Lipinski definition) is 4. The molecule has 0 aliphatic carbocycles. The second kappa shape index (κ2) is 5.16. The highest BCUT2D eigenvalue weighted by molar-refractivity contribution is 7.92. The minimum Gasteiger partial charge on any atom is -0.493 e. The summed E-state index contributed by atoms with van der Waals surface area (Å²) in [5.41, 5.74) is 7.04. The molecule has 2 N–H and O–H groups in total. The van der Waals surface area contributed by atoms with Crippen molar-refractivity contribution in [3.8, 4) is 5.75 Å². The summed E-state index contributed by atoms with van der Waals surface area (Å²) < 4.78 is 30.6. The van der Waals surface area contributed by atoms with E-state index in [1.807, 2.05) is 12.1 Å². The van der Waals surface area contributed by atoms with Crippen LogP contribution in [0.15, 0.2) is 18.2 Å². The molecule has 0 bridgehead atoms. The second-order valence-corrected chi connectivity index (χ2v) is 6.44. The van der Waals surface area contributed by atoms with Crippen LogP contribution in [-0.2, 0) is 16.4 Å². The van der Waals surface area contributed by atoms with E-state index < -0.39 is 10.0 Å². The van der Waals surface area contributed by atoms with Crippen molar-refractivity contribution in [3.63, 3.8) is 0 Å². The SMILES string of the molecule is CN(c1ccc2c(c1)CCCO2)S(=O)(=O)CCN. The van der Waals surface area contributed by atoms with Gasteiger partial charge in [-0.2, -0.15) is 0 Å². The van der Waals surface area contributed by atoms with Gasteiger partial charge < -0.3 is 10.5 Å². The predicted molar refractivity (Wildman–Crippen MR) is 71.5 cm³/mol. The Kier molecular flexibility index (Phi) is 3.77. The van der Waals surface area contributed by atoms with Crippen molar-refractivity contribution in [1.29, 1.82) is 0 Å². The topological polar surface area (TPSA) is 72.6 Å². The van der Waals surface area contributed by atoms with E-state index in [-0.39, 0.29) is 12.3 Å². The van der Waals surface area contributed by atoms with Crippen molar-refractivity contribution in [1.82, 2.24) is 0 Å². The third-order valence-corrected chi connectivity index (χ3v) is 4.85. The van der Waals surface area contributed by atoms with Crippen LogP contribution in [0.3, 0.4) is 0 Å². The molecule has 1 aliphatic heterocycles. The summed E-state index contributed by atoms with van der Waals surface area (Å²) >= 11 is 0. The molecule has 0 amide bonds. The van der Waals surface area contributed by atoms with Crippen molar-refractivity contribution in [2.75, 3.05) is 30.3 Å². The largest absolute Gasteiger partial charge is 0.493 e. The number of benzene rings is 1. The first-order chi connectivity index (χ1) is 8.54. The van der Waals surface area contributed by atoms with Gasteiger partial charge in [0.2, 0.25) is 10.0 Å². The molecule has 0 unspecified atom stereocenters. The summed E-state index contributed by atoms with van der Waals surface area (Å²) in [7, 11) is -1.77. The summed E-state index contributed by atoms with van der Waals surface area (Å²) in [6.07, 6.45) is 1.89. The van der Waals surface area contributed by atoms with Gasteiger partial charge in [-0.3, -0.25) is 4.31 Å². The first kappa shape index (κ1) is 13.2. The van der Waals surface area contributed by atoms with E-state index in [9.17, 15) is 8.42 Å². The summed E-state index contributed by atoms with van der Waals surface area (Å²) in [6.45, 7) is 0.856. The van der Waals surface area contributed by atoms with E-state index in [1.165, 1.54) is 4.31 Å². The van der Waals surface area contributed by atoms with E-state index >= 15 is 0 Å². The summed E-state index contributed by atoms with van der Waals surface area (Å²) in [5.74, 6) is 0.812. The molecule has 0 saturated carbocycles. The number of nitrogens with zero attached hydrogens (tertiary/aromatic N) is 1. The monoisotopic (exact) mass is 270 g/mol. The van der Waals surface area contributed by atoms with Crippen LogP contribution in [0.2, 0.25) is 0 Å². The Labute approximate surface area is 108 Å². The van der Waals surface area contributed by atoms with Crippen molar-refractivity contribution in [2.24, 2.45) is 5.73 Å². The maximum Gasteiger partial charge on any atom is 0.236 e. The summed E-state index contributed by atoms with van der Waals surface area (Å²) in [6, 6.07) is 5.47. The highest BCUT2D eigenvalue weighted by Gasteiger charge is 2.19. The van der Waals surface area contributed by atoms with Gasteiger partial charge in [0, 0.05) is 13.6 Å². The number of ether oxygens (including phenoxy) is 1. The zero-order chi connectivity index (χ0) is 13.2. The molecule has 1 heterocycles. The average molecular weight is 270 g/mol. The second-order valence-electron chi connectivity index (χ2n) is 4.32. The highest BCUT2D eigenvalue weighted by Crippen LogP contribution is 2.29. The Bertz CT molecular complexity index is 528. The lowest BCUT2D eigenvalue weighted by Gasteiger charge is -2.22. The van der Waals surface area contributed by atoms with Crippen LogP contribution in [0.1, 0.15) is 12.0 Å². The standard InChI is InChI=1S/C12H18N2O3S/c1-14(18(15,16)8-6-13)11-4-5-12-10(9-11)3-2-7-17-12/h4-5,9H,2-3,6-8,13H2,1H3. The minimum atomic E-state index is -3.32. The Balaban J connectivity index is 2.29. The Hall–Kier alpha value is -1.27. The van der Waals surface area contributed by atoms with Crippen LogP contribution in [0.5, 0.6) is 5.75 Å². The molecule has 1 aliphatic rings. The quantitative estimate of drug-likeness (QED) is 0.875. The zero-order valence-corrected chi connectivity index (χ0v) is 11.2. The lowest BCUT2D eigenvalue weighted by molar-refractivity contribution is 0.288. The molecule has 100 valence electrons. The van der Waals surface area contributed by atoms with Crippen LogP contribution in [0, 0.1) is 0 Å². The van der Waals surface area contributed by atoms with Crippen molar-refractivity contribution >= 4 is 15.7 Å². The molecule has 0 spiro atoms. The first-order valence-electron chi connectivity index (χ1n) is 5.97. The molecule has 0 atom stereocenters. The molecular weight excluding hydrogens is 252 g/mol. The van der Waals surface area contributed by atoms with Gasteiger partial charge in [-0.05, 0) is 36.6 Å². The number of sulfonamides is 1. The Morgan fingerprint density at radius 3 is 2.94 bits per heavy atom. The third kappa shape index (κ3) is 2.59. The molecule has 18 heavy (non-hydrogen) atoms. The van der Waals surface area contributed by atoms with Crippen LogP contribution in [0.25, 0.3) is 0 Å². The van der Waals surface area contributed by atoms with E-state index in [0.717, 1.165) is 30.8 Å². The minimum absolute atomic E-state index is 0.0446. The molecule has 1 aromatic rings. The fourth-order valence-corrected chi connectivity index (χ4v) is 3.00. The number of aryl methyl sites for hydroxylation is 1. The van der Waals surface area contributed by atoms with Crippen molar-refractivity contribution in [3.05, 3.63) is 23.8 Å². The van der Waals surface area contributed by atoms with Gasteiger partial charge >= 0.3 is 0 Å². The van der Waals surface area contributed by atoms with Gasteiger partial charge in [0.05, 0.1) is 18.0 Å². The number of fused-ring (bicyclic) bond motifs is 1. The fourth-order valence-electron chi connectivity index (χ4n) is 1.99. The van der Waals surface area contributed by atoms with E-state index in [2.05, 4.69) is 0 Å². The zero-order valence-electron chi connectivity index (χ0n) is 10.4. The first-order valence-corrected chi connectivity index (χ1v) is 7.58. The maximum atomic E-state index is 11.9. The van der Waals surface area contributed by atoms with Crippen LogP contribution >= 0.6 is 0 Å².